The largest absolute Gasteiger partial charge is 0.391 e. The molecule has 0 amide bonds. The van der Waals surface area contributed by atoms with Gasteiger partial charge in [-0.2, -0.15) is 0 Å². The first-order chi connectivity index (χ1) is 8.26. The quantitative estimate of drug-likeness (QED) is 0.515. The van der Waals surface area contributed by atoms with Gasteiger partial charge in [0.2, 0.25) is 0 Å². The molecule has 2 rings (SSSR count). The average Bonchev–Trinajstić information content (AvgIpc) is 2.76. The number of anilines is 2. The number of nitrogens with two attached hydrogens (primary N) is 1. The van der Waals surface area contributed by atoms with Crippen molar-refractivity contribution in [1.29, 1.82) is 0 Å². The normalized spacial score (nSPS) is 19.7. The summed E-state index contributed by atoms with van der Waals surface area (Å²) in [6.45, 7) is 3.58. The minimum Gasteiger partial charge on any atom is -0.391 e. The van der Waals surface area contributed by atoms with Gasteiger partial charge in [-0.15, -0.1) is 0 Å². The second-order valence-electron chi connectivity index (χ2n) is 4.31. The van der Waals surface area contributed by atoms with E-state index in [0.717, 1.165) is 37.2 Å². The highest BCUT2D eigenvalue weighted by atomic mass is 16.3. The lowest BCUT2D eigenvalue weighted by Gasteiger charge is -2.21. The third kappa shape index (κ3) is 2.48. The Labute approximate surface area is 101 Å². The van der Waals surface area contributed by atoms with Crippen LogP contribution in [0.5, 0.6) is 0 Å². The highest BCUT2D eigenvalue weighted by Crippen LogP contribution is 2.27. The lowest BCUT2D eigenvalue weighted by atomic mass is 10.1. The smallest absolute Gasteiger partial charge is 0.148 e. The van der Waals surface area contributed by atoms with Gasteiger partial charge in [0.05, 0.1) is 6.10 Å². The zero-order chi connectivity index (χ0) is 12.3. The Bertz CT molecular complexity index is 384. The van der Waals surface area contributed by atoms with E-state index >= 15 is 0 Å². The molecule has 0 spiro atoms. The van der Waals surface area contributed by atoms with Gasteiger partial charge in [-0.1, -0.05) is 13.3 Å². The zero-order valence-electron chi connectivity index (χ0n) is 10.1. The molecular formula is C11H19N5O. The van der Waals surface area contributed by atoms with Crippen LogP contribution in [0.4, 0.5) is 11.6 Å². The van der Waals surface area contributed by atoms with Crippen molar-refractivity contribution in [2.45, 2.75) is 32.3 Å². The molecule has 1 aromatic rings. The molecule has 6 heteroatoms. The maximum atomic E-state index is 9.58. The molecular weight excluding hydrogens is 218 g/mol. The first-order valence-electron chi connectivity index (χ1n) is 5.99. The van der Waals surface area contributed by atoms with Crippen molar-refractivity contribution in [2.75, 3.05) is 23.4 Å². The highest BCUT2D eigenvalue weighted by Gasteiger charge is 2.24. The molecule has 1 atom stereocenters. The molecule has 0 aromatic carbocycles. The monoisotopic (exact) mass is 237 g/mol. The number of aromatic nitrogens is 2. The van der Waals surface area contributed by atoms with Gasteiger partial charge in [0.15, 0.2) is 0 Å². The summed E-state index contributed by atoms with van der Waals surface area (Å²) in [6, 6.07) is 0. The van der Waals surface area contributed by atoms with Gasteiger partial charge >= 0.3 is 0 Å². The SMILES string of the molecule is CCCc1c(NN)ncnc1N1CCC(O)C1. The van der Waals surface area contributed by atoms with Crippen LogP contribution < -0.4 is 16.2 Å². The zero-order valence-corrected chi connectivity index (χ0v) is 10.1. The molecule has 0 aliphatic carbocycles. The van der Waals surface area contributed by atoms with Crippen LogP contribution in [-0.4, -0.2) is 34.3 Å². The Morgan fingerprint density at radius 1 is 1.59 bits per heavy atom. The minimum absolute atomic E-state index is 0.256. The van der Waals surface area contributed by atoms with Crippen LogP contribution in [0, 0.1) is 0 Å². The van der Waals surface area contributed by atoms with Crippen molar-refractivity contribution in [3.63, 3.8) is 0 Å². The summed E-state index contributed by atoms with van der Waals surface area (Å²) in [7, 11) is 0. The number of aliphatic hydroxyl groups is 1. The van der Waals surface area contributed by atoms with Gasteiger partial charge in [0, 0.05) is 18.7 Å². The van der Waals surface area contributed by atoms with Crippen LogP contribution in [0.3, 0.4) is 0 Å². The van der Waals surface area contributed by atoms with E-state index in [0.29, 0.717) is 12.4 Å². The molecule has 0 radical (unpaired) electrons. The van der Waals surface area contributed by atoms with Crippen LogP contribution in [0.15, 0.2) is 6.33 Å². The first-order valence-corrected chi connectivity index (χ1v) is 5.99. The molecule has 94 valence electrons. The molecule has 1 aromatic heterocycles. The number of hydrazine groups is 1. The second-order valence-corrected chi connectivity index (χ2v) is 4.31. The fourth-order valence-corrected chi connectivity index (χ4v) is 2.21. The van der Waals surface area contributed by atoms with Crippen LogP contribution in [-0.2, 0) is 6.42 Å². The predicted molar refractivity (Wildman–Crippen MR) is 66.7 cm³/mol. The van der Waals surface area contributed by atoms with Gasteiger partial charge in [-0.05, 0) is 12.8 Å². The number of nitrogen functional groups attached to an aromatic ring is 1. The number of nitrogens with zero attached hydrogens (tertiary/aromatic N) is 3. The van der Waals surface area contributed by atoms with Gasteiger partial charge in [-0.3, -0.25) is 0 Å². The molecule has 0 bridgehead atoms. The summed E-state index contributed by atoms with van der Waals surface area (Å²) in [4.78, 5) is 10.6. The number of hydrogen-bond acceptors (Lipinski definition) is 6. The van der Waals surface area contributed by atoms with E-state index in [9.17, 15) is 5.11 Å². The van der Waals surface area contributed by atoms with E-state index in [1.807, 2.05) is 0 Å². The van der Waals surface area contributed by atoms with Crippen LogP contribution in [0.2, 0.25) is 0 Å². The Morgan fingerprint density at radius 3 is 3.00 bits per heavy atom. The van der Waals surface area contributed by atoms with Crippen LogP contribution >= 0.6 is 0 Å². The molecule has 1 aliphatic rings. The Morgan fingerprint density at radius 2 is 2.41 bits per heavy atom. The highest BCUT2D eigenvalue weighted by molar-refractivity contribution is 5.58. The summed E-state index contributed by atoms with van der Waals surface area (Å²) < 4.78 is 0. The van der Waals surface area contributed by atoms with Crippen molar-refractivity contribution < 1.29 is 5.11 Å². The number of β-amino-alcohol motifs (C(OH)–C–C–N with tert-alkyl or cyclic N) is 1. The molecule has 1 unspecified atom stereocenters. The lowest BCUT2D eigenvalue weighted by Crippen LogP contribution is -2.25. The summed E-state index contributed by atoms with van der Waals surface area (Å²) in [6.07, 6.45) is 3.93. The maximum Gasteiger partial charge on any atom is 0.148 e. The Kier molecular flexibility index (Phi) is 3.75. The standard InChI is InChI=1S/C11H19N5O/c1-2-3-9-10(15-12)13-7-14-11(9)16-5-4-8(17)6-16/h7-8,17H,2-6,12H2,1H3,(H,13,14,15). The Hall–Kier alpha value is -1.40. The van der Waals surface area contributed by atoms with Gasteiger partial charge < -0.3 is 15.4 Å². The Balaban J connectivity index is 2.31. The summed E-state index contributed by atoms with van der Waals surface area (Å²) in [5, 5.41) is 9.58. The third-order valence-corrected chi connectivity index (χ3v) is 3.02. The number of rotatable bonds is 4. The summed E-state index contributed by atoms with van der Waals surface area (Å²) in [5.41, 5.74) is 3.65. The third-order valence-electron chi connectivity index (χ3n) is 3.02. The topological polar surface area (TPSA) is 87.3 Å². The molecule has 4 N–H and O–H groups in total. The van der Waals surface area contributed by atoms with Crippen molar-refractivity contribution >= 4 is 11.6 Å². The fraction of sp³-hybridized carbons (Fsp3) is 0.636. The molecule has 0 saturated carbocycles. The molecule has 1 aliphatic heterocycles. The molecule has 1 fully saturated rings. The van der Waals surface area contributed by atoms with Gasteiger partial charge in [0.25, 0.3) is 0 Å². The molecule has 1 saturated heterocycles. The number of aliphatic hydroxyl groups excluding tert-OH is 1. The second kappa shape index (κ2) is 5.29. The maximum absolute atomic E-state index is 9.58. The van der Waals surface area contributed by atoms with E-state index in [2.05, 4.69) is 27.2 Å². The molecule has 2 heterocycles. The van der Waals surface area contributed by atoms with E-state index in [1.54, 1.807) is 0 Å². The lowest BCUT2D eigenvalue weighted by molar-refractivity contribution is 0.198. The van der Waals surface area contributed by atoms with Gasteiger partial charge in [0.1, 0.15) is 18.0 Å². The first kappa shape index (κ1) is 12.1. The number of nitrogens with one attached hydrogen (secondary N) is 1. The van der Waals surface area contributed by atoms with Crippen molar-refractivity contribution in [2.24, 2.45) is 5.84 Å². The van der Waals surface area contributed by atoms with Crippen LogP contribution in [0.1, 0.15) is 25.3 Å². The summed E-state index contributed by atoms with van der Waals surface area (Å²) >= 11 is 0. The fourth-order valence-electron chi connectivity index (χ4n) is 2.21. The van der Waals surface area contributed by atoms with E-state index in [1.165, 1.54) is 6.33 Å². The average molecular weight is 237 g/mol. The number of hydrogen-bond donors (Lipinski definition) is 3. The van der Waals surface area contributed by atoms with Gasteiger partial charge in [-0.25, -0.2) is 15.8 Å². The summed E-state index contributed by atoms with van der Waals surface area (Å²) in [5.74, 6) is 7.04. The van der Waals surface area contributed by atoms with Crippen molar-refractivity contribution in [3.8, 4) is 0 Å². The van der Waals surface area contributed by atoms with E-state index in [-0.39, 0.29) is 6.10 Å². The van der Waals surface area contributed by atoms with Crippen molar-refractivity contribution in [3.05, 3.63) is 11.9 Å². The minimum atomic E-state index is -0.256. The predicted octanol–water partition coefficient (Wildman–Crippen LogP) is 0.286. The van der Waals surface area contributed by atoms with Crippen molar-refractivity contribution in [1.82, 2.24) is 9.97 Å². The van der Waals surface area contributed by atoms with E-state index < -0.39 is 0 Å². The van der Waals surface area contributed by atoms with Crippen LogP contribution in [0.25, 0.3) is 0 Å². The van der Waals surface area contributed by atoms with E-state index in [4.69, 9.17) is 5.84 Å². The molecule has 6 nitrogen and oxygen atoms in total. The molecule has 17 heavy (non-hydrogen) atoms.